The Bertz CT molecular complexity index is 1350. The van der Waals surface area contributed by atoms with Crippen LogP contribution in [0.5, 0.6) is 11.5 Å². The molecular weight excluding hydrogens is 448 g/mol. The second kappa shape index (κ2) is 9.11. The van der Waals surface area contributed by atoms with Crippen LogP contribution in [-0.4, -0.2) is 43.0 Å². The van der Waals surface area contributed by atoms with Crippen molar-refractivity contribution in [1.29, 1.82) is 0 Å². The van der Waals surface area contributed by atoms with Gasteiger partial charge in [-0.2, -0.15) is 0 Å². The highest BCUT2D eigenvalue weighted by Crippen LogP contribution is 2.41. The lowest BCUT2D eigenvalue weighted by atomic mass is 9.99. The molecule has 1 amide bonds. The van der Waals surface area contributed by atoms with Crippen LogP contribution in [0, 0.1) is 10.1 Å². The Morgan fingerprint density at radius 3 is 2.49 bits per heavy atom. The van der Waals surface area contributed by atoms with Crippen molar-refractivity contribution in [2.75, 3.05) is 37.9 Å². The van der Waals surface area contributed by atoms with Gasteiger partial charge in [0.25, 0.3) is 11.6 Å². The Morgan fingerprint density at radius 1 is 1.03 bits per heavy atom. The highest BCUT2D eigenvalue weighted by Gasteiger charge is 2.30. The number of hydrogen-bond acceptors (Lipinski definition) is 7. The molecule has 0 bridgehead atoms. The molecule has 0 fully saturated rings. The van der Waals surface area contributed by atoms with Crippen LogP contribution < -0.4 is 20.1 Å². The summed E-state index contributed by atoms with van der Waals surface area (Å²) >= 11 is 0. The maximum atomic E-state index is 13.1. The zero-order valence-electron chi connectivity index (χ0n) is 19.3. The van der Waals surface area contributed by atoms with Crippen molar-refractivity contribution in [3.63, 3.8) is 0 Å². The summed E-state index contributed by atoms with van der Waals surface area (Å²) in [5.41, 5.74) is 4.54. The molecule has 2 heterocycles. The quantitative estimate of drug-likeness (QED) is 0.312. The fraction of sp³-hybridized carbons (Fsp3) is 0.192. The smallest absolute Gasteiger partial charge is 0.271 e. The number of rotatable bonds is 6. The van der Waals surface area contributed by atoms with Gasteiger partial charge in [-0.05, 0) is 56.1 Å². The van der Waals surface area contributed by atoms with Gasteiger partial charge in [-0.25, -0.2) is 0 Å². The van der Waals surface area contributed by atoms with Gasteiger partial charge >= 0.3 is 0 Å². The Labute approximate surface area is 202 Å². The Kier molecular flexibility index (Phi) is 5.84. The van der Waals surface area contributed by atoms with Crippen LogP contribution >= 0.6 is 0 Å². The summed E-state index contributed by atoms with van der Waals surface area (Å²) in [6.45, 7) is 1.73. The number of carbonyl (C=O) groups excluding carboxylic acids is 1. The molecule has 0 spiro atoms. The molecule has 3 aromatic rings. The summed E-state index contributed by atoms with van der Waals surface area (Å²) in [4.78, 5) is 26.0. The van der Waals surface area contributed by atoms with Gasteiger partial charge in [0, 0.05) is 35.5 Å². The fourth-order valence-electron chi connectivity index (χ4n) is 4.20. The highest BCUT2D eigenvalue weighted by atomic mass is 16.6. The zero-order valence-corrected chi connectivity index (χ0v) is 19.3. The van der Waals surface area contributed by atoms with Crippen LogP contribution in [0.3, 0.4) is 0 Å². The van der Waals surface area contributed by atoms with E-state index in [1.807, 2.05) is 56.6 Å². The summed E-state index contributed by atoms with van der Waals surface area (Å²) in [5.74, 6) is 0.892. The Morgan fingerprint density at radius 2 is 1.77 bits per heavy atom. The van der Waals surface area contributed by atoms with Crippen LogP contribution in [0.25, 0.3) is 11.3 Å². The molecule has 2 aliphatic rings. The minimum atomic E-state index is -0.483. The molecule has 2 N–H and O–H groups in total. The number of benzene rings is 3. The van der Waals surface area contributed by atoms with E-state index in [2.05, 4.69) is 15.5 Å². The number of nitro groups is 1. The number of nitrogens with one attached hydrogen (secondary N) is 2. The topological polar surface area (TPSA) is 106 Å². The van der Waals surface area contributed by atoms with E-state index < -0.39 is 4.92 Å². The van der Waals surface area contributed by atoms with E-state index in [1.165, 1.54) is 12.1 Å². The lowest BCUT2D eigenvalue weighted by molar-refractivity contribution is -0.384. The summed E-state index contributed by atoms with van der Waals surface area (Å²) in [5, 5.41) is 17.4. The summed E-state index contributed by atoms with van der Waals surface area (Å²) < 4.78 is 11.4. The van der Waals surface area contributed by atoms with Crippen molar-refractivity contribution in [3.05, 3.63) is 87.5 Å². The number of amides is 1. The third kappa shape index (κ3) is 4.53. The molecule has 35 heavy (non-hydrogen) atoms. The van der Waals surface area contributed by atoms with Gasteiger partial charge in [-0.1, -0.05) is 12.1 Å². The Hall–Kier alpha value is -4.37. The van der Waals surface area contributed by atoms with Gasteiger partial charge < -0.3 is 25.0 Å². The largest absolute Gasteiger partial charge is 0.486 e. The lowest BCUT2D eigenvalue weighted by Gasteiger charge is -2.21. The van der Waals surface area contributed by atoms with E-state index in [1.54, 1.807) is 6.07 Å². The third-order valence-electron chi connectivity index (χ3n) is 5.76. The first-order valence-corrected chi connectivity index (χ1v) is 11.1. The first-order valence-electron chi connectivity index (χ1n) is 11.1. The van der Waals surface area contributed by atoms with Gasteiger partial charge in [0.05, 0.1) is 21.9 Å². The van der Waals surface area contributed by atoms with Crippen LogP contribution in [0.2, 0.25) is 0 Å². The number of anilines is 2. The van der Waals surface area contributed by atoms with E-state index in [0.717, 1.165) is 23.4 Å². The molecule has 3 aromatic carbocycles. The van der Waals surface area contributed by atoms with Crippen molar-refractivity contribution in [2.45, 2.75) is 6.54 Å². The molecule has 0 atom stereocenters. The second-order valence-electron chi connectivity index (χ2n) is 8.61. The predicted octanol–water partition coefficient (Wildman–Crippen LogP) is 4.36. The third-order valence-corrected chi connectivity index (χ3v) is 5.76. The molecule has 0 aromatic heterocycles. The van der Waals surface area contributed by atoms with Gasteiger partial charge in [-0.3, -0.25) is 14.9 Å². The van der Waals surface area contributed by atoms with E-state index in [4.69, 9.17) is 9.47 Å². The van der Waals surface area contributed by atoms with Gasteiger partial charge in [0.2, 0.25) is 0 Å². The maximum Gasteiger partial charge on any atom is 0.271 e. The van der Waals surface area contributed by atoms with Gasteiger partial charge in [0.15, 0.2) is 11.5 Å². The summed E-state index contributed by atoms with van der Waals surface area (Å²) in [7, 11) is 4.02. The molecule has 0 saturated carbocycles. The number of ether oxygens (including phenoxy) is 2. The van der Waals surface area contributed by atoms with Crippen LogP contribution in [0.1, 0.15) is 16.7 Å². The average Bonchev–Trinajstić information content (AvgIpc) is 3.17. The minimum Gasteiger partial charge on any atom is -0.486 e. The molecule has 9 heteroatoms. The lowest BCUT2D eigenvalue weighted by Crippen LogP contribution is -2.16. The van der Waals surface area contributed by atoms with E-state index in [0.29, 0.717) is 47.2 Å². The molecule has 9 nitrogen and oxygen atoms in total. The van der Waals surface area contributed by atoms with Gasteiger partial charge in [0.1, 0.15) is 13.2 Å². The molecule has 0 unspecified atom stereocenters. The zero-order chi connectivity index (χ0) is 24.5. The number of non-ortho nitro benzene ring substituents is 1. The predicted molar refractivity (Wildman–Crippen MR) is 133 cm³/mol. The van der Waals surface area contributed by atoms with Crippen molar-refractivity contribution in [2.24, 2.45) is 0 Å². The number of nitrogens with zero attached hydrogens (tertiary/aromatic N) is 2. The minimum absolute atomic E-state index is 0.0874. The number of fused-ring (bicyclic) bond motifs is 2. The maximum absolute atomic E-state index is 13.1. The first-order chi connectivity index (χ1) is 16.9. The van der Waals surface area contributed by atoms with Crippen LogP contribution in [0.15, 0.2) is 60.7 Å². The molecule has 0 aliphatic carbocycles. The number of carbonyl (C=O) groups is 1. The average molecular weight is 473 g/mol. The monoisotopic (exact) mass is 472 g/mol. The van der Waals surface area contributed by atoms with E-state index in [9.17, 15) is 14.9 Å². The highest BCUT2D eigenvalue weighted by molar-refractivity contribution is 6.37. The van der Waals surface area contributed by atoms with Crippen LogP contribution in [0.4, 0.5) is 17.1 Å². The fourth-order valence-corrected chi connectivity index (χ4v) is 4.20. The molecular formula is C26H24N4O5. The normalized spacial score (nSPS) is 15.5. The summed E-state index contributed by atoms with van der Waals surface area (Å²) in [6.07, 6.45) is 0. The standard InChI is InChI=1S/C26H24N4O5/c1-29(2)15-16-3-6-18(7-4-16)27-25(17-5-10-22-23(13-17)35-12-11-34-22)24-20-9-8-19(30(32)33)14-21(20)28-26(24)31/h3-10,13-14,27H,11-12,15H2,1-2H3,(H,28,31). The molecule has 0 radical (unpaired) electrons. The molecule has 2 aliphatic heterocycles. The SMILES string of the molecule is CN(C)Cc1ccc(NC(=C2C(=O)Nc3cc([N+](=O)[O-])ccc32)c2ccc3c(c2)OCCO3)cc1. The molecule has 178 valence electrons. The van der Waals surface area contributed by atoms with Crippen LogP contribution in [-0.2, 0) is 11.3 Å². The molecule has 5 rings (SSSR count). The van der Waals surface area contributed by atoms with Crippen molar-refractivity contribution in [3.8, 4) is 11.5 Å². The number of hydrogen-bond donors (Lipinski definition) is 2. The second-order valence-corrected chi connectivity index (χ2v) is 8.61. The molecule has 0 saturated heterocycles. The van der Waals surface area contributed by atoms with E-state index in [-0.39, 0.29) is 11.6 Å². The first kappa shape index (κ1) is 22.4. The van der Waals surface area contributed by atoms with Crippen molar-refractivity contribution < 1.29 is 19.2 Å². The number of nitro benzene ring substituents is 1. The summed E-state index contributed by atoms with van der Waals surface area (Å²) in [6, 6.07) is 17.9. The Balaban J connectivity index is 1.61. The van der Waals surface area contributed by atoms with Crippen molar-refractivity contribution in [1.82, 2.24) is 4.90 Å². The van der Waals surface area contributed by atoms with E-state index >= 15 is 0 Å². The van der Waals surface area contributed by atoms with Crippen molar-refractivity contribution >= 4 is 34.2 Å². The van der Waals surface area contributed by atoms with Gasteiger partial charge in [-0.15, -0.1) is 0 Å².